The number of rotatable bonds is 9. The normalized spacial score (nSPS) is 21.0. The molecule has 0 aliphatic carbocycles. The summed E-state index contributed by atoms with van der Waals surface area (Å²) in [5, 5.41) is 1.07. The monoisotopic (exact) mass is 538 g/mol. The number of aromatic nitrogens is 1. The van der Waals surface area contributed by atoms with Crippen LogP contribution in [0.3, 0.4) is 0 Å². The highest BCUT2D eigenvalue weighted by Crippen LogP contribution is 2.43. The van der Waals surface area contributed by atoms with E-state index < -0.39 is 17.7 Å². The molecule has 0 unspecified atom stereocenters. The molecule has 0 spiro atoms. The van der Waals surface area contributed by atoms with Gasteiger partial charge in [0.05, 0.1) is 6.04 Å². The molecule has 1 N–H and O–H groups in total. The van der Waals surface area contributed by atoms with Crippen LogP contribution in [0.5, 0.6) is 5.75 Å². The van der Waals surface area contributed by atoms with Crippen molar-refractivity contribution in [3.8, 4) is 5.75 Å². The molecule has 5 rings (SSSR count). The number of likely N-dealkylation sites (tertiary alicyclic amines) is 1. The fourth-order valence-corrected chi connectivity index (χ4v) is 6.25. The van der Waals surface area contributed by atoms with Crippen LogP contribution in [-0.2, 0) is 11.2 Å². The Hall–Kier alpha value is -2.97. The maximum atomic E-state index is 15.9. The van der Waals surface area contributed by atoms with Gasteiger partial charge in [-0.05, 0) is 30.9 Å². The molecule has 3 aromatic rings. The molecule has 8 heteroatoms. The van der Waals surface area contributed by atoms with Crippen LogP contribution in [-0.4, -0.2) is 78.5 Å². The van der Waals surface area contributed by atoms with Crippen LogP contribution in [0.2, 0.25) is 0 Å². The zero-order valence-corrected chi connectivity index (χ0v) is 23.6. The highest BCUT2D eigenvalue weighted by Gasteiger charge is 2.40. The summed E-state index contributed by atoms with van der Waals surface area (Å²) in [7, 11) is 3.46. The number of nitrogens with one attached hydrogen (secondary N) is 1. The predicted molar refractivity (Wildman–Crippen MR) is 150 cm³/mol. The first kappa shape index (κ1) is 27.6. The third-order valence-electron chi connectivity index (χ3n) is 8.48. The van der Waals surface area contributed by atoms with E-state index in [-0.39, 0.29) is 29.2 Å². The van der Waals surface area contributed by atoms with Crippen LogP contribution in [0.15, 0.2) is 36.4 Å². The average molecular weight is 539 g/mol. The third kappa shape index (κ3) is 5.41. The van der Waals surface area contributed by atoms with Crippen LogP contribution < -0.4 is 4.74 Å². The van der Waals surface area contributed by atoms with E-state index in [0.29, 0.717) is 13.2 Å². The lowest BCUT2D eigenvalue weighted by Gasteiger charge is -2.42. The quantitative estimate of drug-likeness (QED) is 0.406. The Balaban J connectivity index is 1.47. The number of para-hydroxylation sites is 1. The van der Waals surface area contributed by atoms with Crippen molar-refractivity contribution in [2.75, 3.05) is 46.9 Å². The molecule has 2 aliphatic rings. The predicted octanol–water partition coefficient (Wildman–Crippen LogP) is 5.23. The fraction of sp³-hybridized carbons (Fsp3) is 0.516. The molecule has 6 nitrogen and oxygen atoms in total. The van der Waals surface area contributed by atoms with Gasteiger partial charge < -0.3 is 14.6 Å². The summed E-state index contributed by atoms with van der Waals surface area (Å²) in [4.78, 5) is 22.2. The third-order valence-corrected chi connectivity index (χ3v) is 8.48. The number of hydrogen-bond acceptors (Lipinski definition) is 4. The number of carbonyl (C=O) groups is 1. The molecule has 0 bridgehead atoms. The number of aromatic amines is 1. The Labute approximate surface area is 229 Å². The van der Waals surface area contributed by atoms with Crippen molar-refractivity contribution in [3.05, 3.63) is 64.9 Å². The molecule has 0 saturated carbocycles. The summed E-state index contributed by atoms with van der Waals surface area (Å²) in [6.45, 7) is 9.75. The fourth-order valence-electron chi connectivity index (χ4n) is 6.25. The van der Waals surface area contributed by atoms with Crippen LogP contribution in [0, 0.1) is 23.5 Å². The molecular formula is C31H40F2N4O2. The summed E-state index contributed by atoms with van der Waals surface area (Å²) < 4.78 is 37.5. The van der Waals surface area contributed by atoms with Crippen molar-refractivity contribution in [1.29, 1.82) is 0 Å². The van der Waals surface area contributed by atoms with Gasteiger partial charge >= 0.3 is 0 Å². The molecule has 39 heavy (non-hydrogen) atoms. The number of benzene rings is 2. The smallest absolute Gasteiger partial charge is 0.226 e. The Kier molecular flexibility index (Phi) is 7.96. The lowest BCUT2D eigenvalue weighted by atomic mass is 9.87. The van der Waals surface area contributed by atoms with Crippen molar-refractivity contribution in [3.63, 3.8) is 0 Å². The van der Waals surface area contributed by atoms with E-state index in [2.05, 4.69) is 28.6 Å². The van der Waals surface area contributed by atoms with Gasteiger partial charge in [0.2, 0.25) is 5.91 Å². The SMILES string of the molecule is CCC1CN(CCOc2cc(F)c([C@@H]3c4[nH]c5ccccc5c4C[C@@H](C)N3C[C@H](C)C(=O)N(C)C)c(F)c2)C1. The van der Waals surface area contributed by atoms with Crippen molar-refractivity contribution < 1.29 is 18.3 Å². The second-order valence-corrected chi connectivity index (χ2v) is 11.5. The molecule has 1 aromatic heterocycles. The van der Waals surface area contributed by atoms with E-state index >= 15 is 8.78 Å². The minimum absolute atomic E-state index is 0.0134. The van der Waals surface area contributed by atoms with Crippen molar-refractivity contribution in [2.24, 2.45) is 11.8 Å². The second kappa shape index (κ2) is 11.3. The minimum Gasteiger partial charge on any atom is -0.492 e. The maximum Gasteiger partial charge on any atom is 0.226 e. The first-order valence-electron chi connectivity index (χ1n) is 14.1. The summed E-state index contributed by atoms with van der Waals surface area (Å²) in [6.07, 6.45) is 1.89. The minimum atomic E-state index is -0.699. The Bertz CT molecular complexity index is 1310. The molecule has 3 heterocycles. The molecular weight excluding hydrogens is 498 g/mol. The van der Waals surface area contributed by atoms with Crippen LogP contribution in [0.25, 0.3) is 10.9 Å². The van der Waals surface area contributed by atoms with E-state index in [1.54, 1.807) is 19.0 Å². The van der Waals surface area contributed by atoms with E-state index in [4.69, 9.17) is 4.74 Å². The number of carbonyl (C=O) groups excluding carboxylic acids is 1. The van der Waals surface area contributed by atoms with Gasteiger partial charge in [0.15, 0.2) is 0 Å². The van der Waals surface area contributed by atoms with Crippen LogP contribution >= 0.6 is 0 Å². The van der Waals surface area contributed by atoms with Gasteiger partial charge in [0.25, 0.3) is 0 Å². The zero-order valence-electron chi connectivity index (χ0n) is 23.6. The number of nitrogens with zero attached hydrogens (tertiary/aromatic N) is 3. The number of hydrogen-bond donors (Lipinski definition) is 1. The van der Waals surface area contributed by atoms with E-state index in [9.17, 15) is 4.79 Å². The lowest BCUT2D eigenvalue weighted by Crippen LogP contribution is -2.47. The Morgan fingerprint density at radius 1 is 1.18 bits per heavy atom. The van der Waals surface area contributed by atoms with Gasteiger partial charge in [0.1, 0.15) is 24.0 Å². The molecule has 2 aromatic carbocycles. The maximum absolute atomic E-state index is 15.9. The molecule has 3 atom stereocenters. The summed E-state index contributed by atoms with van der Waals surface area (Å²) in [5.41, 5.74) is 2.79. The number of ether oxygens (including phenoxy) is 1. The molecule has 2 aliphatic heterocycles. The second-order valence-electron chi connectivity index (χ2n) is 11.5. The van der Waals surface area contributed by atoms with E-state index in [1.807, 2.05) is 31.2 Å². The van der Waals surface area contributed by atoms with Gasteiger partial charge in [0, 0.05) is 86.5 Å². The molecule has 1 amide bonds. The number of fused-ring (bicyclic) bond motifs is 3. The first-order chi connectivity index (χ1) is 18.7. The molecule has 210 valence electrons. The summed E-state index contributed by atoms with van der Waals surface area (Å²) in [5.74, 6) is -0.686. The zero-order chi connectivity index (χ0) is 27.8. The van der Waals surface area contributed by atoms with Crippen molar-refractivity contribution in [2.45, 2.75) is 45.7 Å². The first-order valence-corrected chi connectivity index (χ1v) is 14.1. The van der Waals surface area contributed by atoms with Crippen molar-refractivity contribution >= 4 is 16.8 Å². The number of halogens is 2. The summed E-state index contributed by atoms with van der Waals surface area (Å²) >= 11 is 0. The Morgan fingerprint density at radius 3 is 2.54 bits per heavy atom. The lowest BCUT2D eigenvalue weighted by molar-refractivity contribution is -0.133. The molecule has 1 fully saturated rings. The molecule has 1 saturated heterocycles. The van der Waals surface area contributed by atoms with Crippen LogP contribution in [0.1, 0.15) is 50.1 Å². The van der Waals surface area contributed by atoms with Gasteiger partial charge in [-0.1, -0.05) is 38.5 Å². The average Bonchev–Trinajstić information content (AvgIpc) is 3.24. The summed E-state index contributed by atoms with van der Waals surface area (Å²) in [6, 6.07) is 9.85. The standard InChI is InChI=1S/C31H40F2N4O2/c1-6-21-17-36(18-21)11-12-39-22-14-25(32)28(26(33)15-22)30-29-24(23-9-7-8-10-27(23)34-29)13-20(3)37(30)16-19(2)31(38)35(4)5/h7-10,14-15,19-21,30,34H,6,11-13,16-18H2,1-5H3/t19-,20+,30+/m0/s1. The van der Waals surface area contributed by atoms with Gasteiger partial charge in [-0.25, -0.2) is 8.78 Å². The van der Waals surface area contributed by atoms with E-state index in [0.717, 1.165) is 54.1 Å². The van der Waals surface area contributed by atoms with Crippen molar-refractivity contribution in [1.82, 2.24) is 19.7 Å². The molecule has 0 radical (unpaired) electrons. The largest absolute Gasteiger partial charge is 0.492 e. The highest BCUT2D eigenvalue weighted by atomic mass is 19.1. The Morgan fingerprint density at radius 2 is 1.87 bits per heavy atom. The van der Waals surface area contributed by atoms with Crippen LogP contribution in [0.4, 0.5) is 8.78 Å². The van der Waals surface area contributed by atoms with E-state index in [1.165, 1.54) is 18.6 Å². The van der Waals surface area contributed by atoms with Gasteiger partial charge in [-0.15, -0.1) is 0 Å². The number of H-pyrrole nitrogens is 1. The highest BCUT2D eigenvalue weighted by molar-refractivity contribution is 5.85. The van der Waals surface area contributed by atoms with Gasteiger partial charge in [-0.2, -0.15) is 0 Å². The van der Waals surface area contributed by atoms with Gasteiger partial charge in [-0.3, -0.25) is 14.6 Å². The number of amides is 1. The topological polar surface area (TPSA) is 51.8 Å².